The van der Waals surface area contributed by atoms with Crippen LogP contribution in [-0.4, -0.2) is 49.8 Å². The molecule has 4 rings (SSSR count). The van der Waals surface area contributed by atoms with E-state index in [1.54, 1.807) is 0 Å². The van der Waals surface area contributed by atoms with Gasteiger partial charge in [-0.3, -0.25) is 0 Å². The Kier molecular flexibility index (Phi) is 5.98. The zero-order valence-electron chi connectivity index (χ0n) is 16.3. The fourth-order valence-electron chi connectivity index (χ4n) is 5.07. The van der Waals surface area contributed by atoms with Crippen LogP contribution >= 0.6 is 0 Å². The summed E-state index contributed by atoms with van der Waals surface area (Å²) in [5.41, 5.74) is 1.50. The number of alkyl carbamates (subject to hydrolysis) is 1. The molecule has 2 N–H and O–H groups in total. The van der Waals surface area contributed by atoms with Crippen molar-refractivity contribution in [1.29, 1.82) is 0 Å². The Labute approximate surface area is 162 Å². The maximum Gasteiger partial charge on any atom is 0.407 e. The third kappa shape index (κ3) is 5.02. The Bertz CT molecular complexity index is 599. The van der Waals surface area contributed by atoms with E-state index in [9.17, 15) is 4.79 Å². The van der Waals surface area contributed by atoms with Crippen LogP contribution < -0.4 is 10.6 Å². The van der Waals surface area contributed by atoms with E-state index in [1.807, 2.05) is 30.3 Å². The Hall–Kier alpha value is -1.59. The van der Waals surface area contributed by atoms with Crippen LogP contribution in [0.15, 0.2) is 30.3 Å². The molecule has 0 bridgehead atoms. The first-order valence-corrected chi connectivity index (χ1v) is 10.6. The number of carbonyl (C=O) groups is 1. The van der Waals surface area contributed by atoms with Crippen molar-refractivity contribution in [3.05, 3.63) is 35.9 Å². The topological polar surface area (TPSA) is 53.6 Å². The largest absolute Gasteiger partial charge is 0.445 e. The SMILES string of the molecule is O=C(NC1CC2(CCN(CC3CCNCC3)CC2)C1)OCc1ccccc1. The van der Waals surface area contributed by atoms with Gasteiger partial charge in [0.1, 0.15) is 6.61 Å². The van der Waals surface area contributed by atoms with E-state index in [-0.39, 0.29) is 6.09 Å². The van der Waals surface area contributed by atoms with Crippen molar-refractivity contribution in [3.63, 3.8) is 0 Å². The second kappa shape index (κ2) is 8.61. The van der Waals surface area contributed by atoms with Crippen molar-refractivity contribution < 1.29 is 9.53 Å². The number of piperidine rings is 2. The predicted molar refractivity (Wildman–Crippen MR) is 106 cm³/mol. The minimum Gasteiger partial charge on any atom is -0.445 e. The average molecular weight is 372 g/mol. The number of nitrogens with zero attached hydrogens (tertiary/aromatic N) is 1. The molecule has 1 spiro atoms. The van der Waals surface area contributed by atoms with Crippen molar-refractivity contribution >= 4 is 6.09 Å². The highest BCUT2D eigenvalue weighted by molar-refractivity contribution is 5.67. The van der Waals surface area contributed by atoms with Crippen LogP contribution in [0.5, 0.6) is 0 Å². The number of rotatable bonds is 5. The summed E-state index contributed by atoms with van der Waals surface area (Å²) < 4.78 is 5.35. The molecule has 1 aromatic carbocycles. The molecular weight excluding hydrogens is 338 g/mol. The third-order valence-electron chi connectivity index (χ3n) is 6.79. The van der Waals surface area contributed by atoms with Crippen molar-refractivity contribution in [3.8, 4) is 0 Å². The molecule has 1 amide bonds. The van der Waals surface area contributed by atoms with Crippen LogP contribution in [0.4, 0.5) is 4.79 Å². The Balaban J connectivity index is 1.13. The fraction of sp³-hybridized carbons (Fsp3) is 0.682. The Morgan fingerprint density at radius 1 is 1.15 bits per heavy atom. The molecule has 1 aliphatic carbocycles. The van der Waals surface area contributed by atoms with Gasteiger partial charge in [0.2, 0.25) is 0 Å². The van der Waals surface area contributed by atoms with E-state index in [1.165, 1.54) is 58.4 Å². The van der Waals surface area contributed by atoms with Crippen molar-refractivity contribution in [2.45, 2.75) is 51.2 Å². The van der Waals surface area contributed by atoms with Gasteiger partial charge in [0.15, 0.2) is 0 Å². The lowest BCUT2D eigenvalue weighted by molar-refractivity contribution is 0.000146. The van der Waals surface area contributed by atoms with Gasteiger partial charge in [-0.15, -0.1) is 0 Å². The summed E-state index contributed by atoms with van der Waals surface area (Å²) in [6.45, 7) is 6.47. The molecule has 148 valence electrons. The molecule has 2 saturated heterocycles. The van der Waals surface area contributed by atoms with Gasteiger partial charge in [0, 0.05) is 12.6 Å². The maximum atomic E-state index is 12.0. The zero-order valence-corrected chi connectivity index (χ0v) is 16.3. The third-order valence-corrected chi connectivity index (χ3v) is 6.79. The van der Waals surface area contributed by atoms with E-state index in [0.29, 0.717) is 18.1 Å². The first kappa shape index (κ1) is 18.8. The number of likely N-dealkylation sites (tertiary alicyclic amines) is 1. The molecule has 5 heteroatoms. The number of benzene rings is 1. The fourth-order valence-corrected chi connectivity index (χ4v) is 5.07. The maximum absolute atomic E-state index is 12.0. The van der Waals surface area contributed by atoms with E-state index in [0.717, 1.165) is 24.3 Å². The molecule has 3 aliphatic rings. The van der Waals surface area contributed by atoms with Crippen LogP contribution in [0.3, 0.4) is 0 Å². The summed E-state index contributed by atoms with van der Waals surface area (Å²) in [4.78, 5) is 14.7. The Morgan fingerprint density at radius 2 is 1.85 bits per heavy atom. The van der Waals surface area contributed by atoms with Gasteiger partial charge in [0.25, 0.3) is 0 Å². The summed E-state index contributed by atoms with van der Waals surface area (Å²) in [6.07, 6.45) is 7.20. The number of amides is 1. The lowest BCUT2D eigenvalue weighted by atomic mass is 9.60. The summed E-state index contributed by atoms with van der Waals surface area (Å²) >= 11 is 0. The summed E-state index contributed by atoms with van der Waals surface area (Å²) in [5.74, 6) is 0.885. The molecule has 0 aromatic heterocycles. The molecule has 0 atom stereocenters. The second-order valence-electron chi connectivity index (χ2n) is 8.81. The standard InChI is InChI=1S/C22H33N3O2/c26-21(27-17-19-4-2-1-3-5-19)24-20-14-22(15-20)8-12-25(13-9-22)16-18-6-10-23-11-7-18/h1-5,18,20,23H,6-17H2,(H,24,26). The van der Waals surface area contributed by atoms with Crippen molar-refractivity contribution in [2.75, 3.05) is 32.7 Å². The van der Waals surface area contributed by atoms with Crippen LogP contribution in [0.1, 0.15) is 44.1 Å². The van der Waals surface area contributed by atoms with Gasteiger partial charge < -0.3 is 20.3 Å². The van der Waals surface area contributed by atoms with E-state index in [4.69, 9.17) is 4.74 Å². The molecule has 3 fully saturated rings. The number of carbonyl (C=O) groups excluding carboxylic acids is 1. The zero-order chi connectivity index (χ0) is 18.5. The van der Waals surface area contributed by atoms with Crippen molar-refractivity contribution in [1.82, 2.24) is 15.5 Å². The first-order valence-electron chi connectivity index (χ1n) is 10.6. The predicted octanol–water partition coefficient (Wildman–Crippen LogP) is 3.16. The highest BCUT2D eigenvalue weighted by Crippen LogP contribution is 2.49. The second-order valence-corrected chi connectivity index (χ2v) is 8.81. The van der Waals surface area contributed by atoms with E-state index >= 15 is 0 Å². The number of hydrogen-bond acceptors (Lipinski definition) is 4. The molecule has 1 aromatic rings. The normalized spacial score (nSPS) is 23.7. The summed E-state index contributed by atoms with van der Waals surface area (Å²) in [5, 5.41) is 6.51. The average Bonchev–Trinajstić information content (AvgIpc) is 2.68. The monoisotopic (exact) mass is 371 g/mol. The molecular formula is C22H33N3O2. The molecule has 0 unspecified atom stereocenters. The smallest absolute Gasteiger partial charge is 0.407 e. The molecule has 2 heterocycles. The van der Waals surface area contributed by atoms with E-state index < -0.39 is 0 Å². The van der Waals surface area contributed by atoms with Gasteiger partial charge in [-0.05, 0) is 81.6 Å². The van der Waals surface area contributed by atoms with Crippen LogP contribution in [0.25, 0.3) is 0 Å². The molecule has 2 aliphatic heterocycles. The Morgan fingerprint density at radius 3 is 2.56 bits per heavy atom. The minimum atomic E-state index is -0.276. The quantitative estimate of drug-likeness (QED) is 0.835. The number of ether oxygens (including phenoxy) is 1. The van der Waals surface area contributed by atoms with Crippen molar-refractivity contribution in [2.24, 2.45) is 11.3 Å². The lowest BCUT2D eigenvalue weighted by Gasteiger charge is -2.52. The highest BCUT2D eigenvalue weighted by atomic mass is 16.5. The van der Waals surface area contributed by atoms with Crippen LogP contribution in [0.2, 0.25) is 0 Å². The van der Waals surface area contributed by atoms with Crippen LogP contribution in [-0.2, 0) is 11.3 Å². The lowest BCUT2D eigenvalue weighted by Crippen LogP contribution is -2.55. The number of nitrogens with one attached hydrogen (secondary N) is 2. The minimum absolute atomic E-state index is 0.276. The molecule has 5 nitrogen and oxygen atoms in total. The van der Waals surface area contributed by atoms with Gasteiger partial charge in [-0.25, -0.2) is 4.79 Å². The van der Waals surface area contributed by atoms with Crippen LogP contribution in [0, 0.1) is 11.3 Å². The number of hydrogen-bond donors (Lipinski definition) is 2. The first-order chi connectivity index (χ1) is 13.2. The van der Waals surface area contributed by atoms with E-state index in [2.05, 4.69) is 15.5 Å². The molecule has 0 radical (unpaired) electrons. The van der Waals surface area contributed by atoms with Gasteiger partial charge >= 0.3 is 6.09 Å². The van der Waals surface area contributed by atoms with Gasteiger partial charge in [0.05, 0.1) is 0 Å². The van der Waals surface area contributed by atoms with Gasteiger partial charge in [-0.2, -0.15) is 0 Å². The molecule has 27 heavy (non-hydrogen) atoms. The summed E-state index contributed by atoms with van der Waals surface area (Å²) in [6, 6.07) is 10.1. The highest BCUT2D eigenvalue weighted by Gasteiger charge is 2.46. The molecule has 1 saturated carbocycles. The van der Waals surface area contributed by atoms with Gasteiger partial charge in [-0.1, -0.05) is 30.3 Å². The summed E-state index contributed by atoms with van der Waals surface area (Å²) in [7, 11) is 0.